The molecular formula is C32H38O7. The average Bonchev–Trinajstić information content (AvgIpc) is 2.98. The number of methoxy groups -OCH3 is 4. The fourth-order valence-corrected chi connectivity index (χ4v) is 3.79. The first-order chi connectivity index (χ1) is 19.0. The predicted molar refractivity (Wildman–Crippen MR) is 156 cm³/mol. The van der Waals surface area contributed by atoms with Gasteiger partial charge in [-0.25, -0.2) is 0 Å². The Balaban J connectivity index is 1.76. The van der Waals surface area contributed by atoms with E-state index in [1.807, 2.05) is 67.6 Å². The summed E-state index contributed by atoms with van der Waals surface area (Å²) in [5.41, 5.74) is 3.94. The lowest BCUT2D eigenvalue weighted by molar-refractivity contribution is 0.191. The Hall–Kier alpha value is -4.10. The van der Waals surface area contributed by atoms with E-state index in [4.69, 9.17) is 33.5 Å². The minimum atomic E-state index is -0.0961. The molecular weight excluding hydrogens is 496 g/mol. The van der Waals surface area contributed by atoms with Crippen LogP contribution in [0.15, 0.2) is 48.5 Å². The minimum Gasteiger partial charge on any atom is -0.493 e. The first kappa shape index (κ1) is 29.5. The second kappa shape index (κ2) is 14.7. The Morgan fingerprint density at radius 2 is 1.03 bits per heavy atom. The molecule has 3 rings (SSSR count). The molecule has 1 atom stereocenters. The molecule has 0 bridgehead atoms. The number of ether oxygens (including phenoxy) is 6. The van der Waals surface area contributed by atoms with Crippen LogP contribution in [0.2, 0.25) is 0 Å². The van der Waals surface area contributed by atoms with Gasteiger partial charge in [-0.15, -0.1) is 0 Å². The Bertz CT molecular complexity index is 1210. The number of benzene rings is 3. The topological polar surface area (TPSA) is 75.6 Å². The summed E-state index contributed by atoms with van der Waals surface area (Å²) >= 11 is 0. The second-order valence-electron chi connectivity index (χ2n) is 8.75. The van der Waals surface area contributed by atoms with Gasteiger partial charge < -0.3 is 33.5 Å². The third-order valence-electron chi connectivity index (χ3n) is 6.07. The van der Waals surface area contributed by atoms with E-state index in [-0.39, 0.29) is 19.3 Å². The van der Waals surface area contributed by atoms with Crippen LogP contribution in [0.5, 0.6) is 34.5 Å². The standard InChI is InChI=1S/C32H38O7/c1-7-22(2)39-32-29(36-5)20-26(21-30(32)37-6)15-13-24-10-8-23(9-11-24)12-14-25-18-27(34-3)31(38-17-16-33)28(19-25)35-4/h8-15,18-22,33H,7,16-17H2,1-6H3. The molecule has 3 aromatic rings. The van der Waals surface area contributed by atoms with Gasteiger partial charge in [0.05, 0.1) is 41.2 Å². The van der Waals surface area contributed by atoms with Gasteiger partial charge in [0.15, 0.2) is 23.0 Å². The Morgan fingerprint density at radius 1 is 0.641 bits per heavy atom. The van der Waals surface area contributed by atoms with E-state index in [9.17, 15) is 0 Å². The van der Waals surface area contributed by atoms with Crippen LogP contribution in [-0.4, -0.2) is 52.9 Å². The zero-order chi connectivity index (χ0) is 28.2. The van der Waals surface area contributed by atoms with Crippen molar-refractivity contribution in [1.29, 1.82) is 0 Å². The molecule has 0 aliphatic rings. The summed E-state index contributed by atoms with van der Waals surface area (Å²) in [6, 6.07) is 15.8. The van der Waals surface area contributed by atoms with E-state index in [2.05, 4.69) is 19.1 Å². The van der Waals surface area contributed by atoms with Crippen LogP contribution in [0.4, 0.5) is 0 Å². The highest BCUT2D eigenvalue weighted by molar-refractivity contribution is 5.75. The van der Waals surface area contributed by atoms with Gasteiger partial charge in [-0.2, -0.15) is 0 Å². The number of rotatable bonds is 14. The monoisotopic (exact) mass is 534 g/mol. The summed E-state index contributed by atoms with van der Waals surface area (Å²) in [5.74, 6) is 3.43. The van der Waals surface area contributed by atoms with Crippen LogP contribution in [-0.2, 0) is 0 Å². The lowest BCUT2D eigenvalue weighted by atomic mass is 10.1. The fourth-order valence-electron chi connectivity index (χ4n) is 3.79. The maximum atomic E-state index is 9.08. The molecule has 3 aromatic carbocycles. The van der Waals surface area contributed by atoms with E-state index in [0.717, 1.165) is 28.7 Å². The van der Waals surface area contributed by atoms with Crippen molar-refractivity contribution in [2.24, 2.45) is 0 Å². The summed E-state index contributed by atoms with van der Waals surface area (Å²) in [5, 5.41) is 9.08. The quantitative estimate of drug-likeness (QED) is 0.233. The van der Waals surface area contributed by atoms with Crippen molar-refractivity contribution >= 4 is 24.3 Å². The van der Waals surface area contributed by atoms with Crippen LogP contribution < -0.4 is 28.4 Å². The van der Waals surface area contributed by atoms with E-state index in [1.54, 1.807) is 28.4 Å². The molecule has 1 unspecified atom stereocenters. The van der Waals surface area contributed by atoms with Crippen LogP contribution in [0.25, 0.3) is 24.3 Å². The fraction of sp³-hybridized carbons (Fsp3) is 0.312. The number of aliphatic hydroxyl groups is 1. The first-order valence-electron chi connectivity index (χ1n) is 12.8. The predicted octanol–water partition coefficient (Wildman–Crippen LogP) is 6.61. The van der Waals surface area contributed by atoms with Crippen molar-refractivity contribution in [2.75, 3.05) is 41.7 Å². The molecule has 0 amide bonds. The molecule has 0 aromatic heterocycles. The Morgan fingerprint density at radius 3 is 1.38 bits per heavy atom. The lowest BCUT2D eigenvalue weighted by Crippen LogP contribution is -2.11. The van der Waals surface area contributed by atoms with E-state index in [0.29, 0.717) is 34.5 Å². The van der Waals surface area contributed by atoms with Gasteiger partial charge in [-0.3, -0.25) is 0 Å². The maximum Gasteiger partial charge on any atom is 0.203 e. The second-order valence-corrected chi connectivity index (χ2v) is 8.75. The van der Waals surface area contributed by atoms with E-state index in [1.165, 1.54) is 0 Å². The molecule has 0 fully saturated rings. The van der Waals surface area contributed by atoms with Crippen LogP contribution in [0.3, 0.4) is 0 Å². The van der Waals surface area contributed by atoms with Gasteiger partial charge in [0.2, 0.25) is 11.5 Å². The molecule has 0 spiro atoms. The van der Waals surface area contributed by atoms with Crippen LogP contribution in [0, 0.1) is 0 Å². The van der Waals surface area contributed by atoms with Crippen molar-refractivity contribution in [2.45, 2.75) is 26.4 Å². The van der Waals surface area contributed by atoms with Gasteiger partial charge in [0, 0.05) is 0 Å². The van der Waals surface area contributed by atoms with E-state index < -0.39 is 0 Å². The molecule has 7 nitrogen and oxygen atoms in total. The largest absolute Gasteiger partial charge is 0.493 e. The van der Waals surface area contributed by atoms with Crippen LogP contribution >= 0.6 is 0 Å². The zero-order valence-corrected chi connectivity index (χ0v) is 23.5. The van der Waals surface area contributed by atoms with Crippen molar-refractivity contribution in [3.63, 3.8) is 0 Å². The van der Waals surface area contributed by atoms with Crippen molar-refractivity contribution in [1.82, 2.24) is 0 Å². The summed E-state index contributed by atoms with van der Waals surface area (Å²) in [6.45, 7) is 4.15. The first-order valence-corrected chi connectivity index (χ1v) is 12.8. The highest BCUT2D eigenvalue weighted by atomic mass is 16.5. The van der Waals surface area contributed by atoms with Crippen molar-refractivity contribution < 1.29 is 33.5 Å². The van der Waals surface area contributed by atoms with Crippen molar-refractivity contribution in [3.05, 3.63) is 70.8 Å². The maximum absolute atomic E-state index is 9.08. The van der Waals surface area contributed by atoms with Gasteiger partial charge in [-0.1, -0.05) is 55.5 Å². The van der Waals surface area contributed by atoms with Crippen molar-refractivity contribution in [3.8, 4) is 34.5 Å². The van der Waals surface area contributed by atoms with Gasteiger partial charge in [0.25, 0.3) is 0 Å². The summed E-state index contributed by atoms with van der Waals surface area (Å²) in [7, 11) is 6.40. The molecule has 1 N–H and O–H groups in total. The van der Waals surface area contributed by atoms with Gasteiger partial charge in [-0.05, 0) is 59.9 Å². The molecule has 0 saturated carbocycles. The molecule has 39 heavy (non-hydrogen) atoms. The highest BCUT2D eigenvalue weighted by Crippen LogP contribution is 2.40. The summed E-state index contributed by atoms with van der Waals surface area (Å²) in [4.78, 5) is 0. The molecule has 0 aliphatic heterocycles. The zero-order valence-electron chi connectivity index (χ0n) is 23.5. The Kier molecular flexibility index (Phi) is 11.1. The Labute approximate surface area is 231 Å². The molecule has 208 valence electrons. The molecule has 7 heteroatoms. The highest BCUT2D eigenvalue weighted by Gasteiger charge is 2.16. The number of hydrogen-bond acceptors (Lipinski definition) is 7. The third-order valence-corrected chi connectivity index (χ3v) is 6.07. The van der Waals surface area contributed by atoms with Crippen LogP contribution in [0.1, 0.15) is 42.5 Å². The lowest BCUT2D eigenvalue weighted by Gasteiger charge is -2.18. The number of hydrogen-bond donors (Lipinski definition) is 1. The van der Waals surface area contributed by atoms with Gasteiger partial charge in [0.1, 0.15) is 6.61 Å². The average molecular weight is 535 g/mol. The third kappa shape index (κ3) is 7.94. The van der Waals surface area contributed by atoms with E-state index >= 15 is 0 Å². The van der Waals surface area contributed by atoms with Gasteiger partial charge >= 0.3 is 0 Å². The normalized spacial score (nSPS) is 12.0. The minimum absolute atomic E-state index is 0.0519. The SMILES string of the molecule is CCC(C)Oc1c(OC)cc(C=Cc2ccc(C=Cc3cc(OC)c(OCCO)c(OC)c3)cc2)cc1OC. The summed E-state index contributed by atoms with van der Waals surface area (Å²) < 4.78 is 33.7. The molecule has 0 heterocycles. The summed E-state index contributed by atoms with van der Waals surface area (Å²) in [6.07, 6.45) is 8.99. The molecule has 0 saturated heterocycles. The number of aliphatic hydroxyl groups excluding tert-OH is 1. The molecule has 0 radical (unpaired) electrons. The smallest absolute Gasteiger partial charge is 0.203 e. The molecule has 0 aliphatic carbocycles.